The fraction of sp³-hybridized carbons (Fsp3) is 0.438. The Labute approximate surface area is 130 Å². The van der Waals surface area contributed by atoms with Crippen LogP contribution in [-0.4, -0.2) is 31.7 Å². The van der Waals surface area contributed by atoms with Crippen LogP contribution in [0.2, 0.25) is 0 Å². The smallest absolute Gasteiger partial charge is 0.487 e. The molecule has 0 radical (unpaired) electrons. The summed E-state index contributed by atoms with van der Waals surface area (Å²) < 4.78 is 30.7. The fourth-order valence-electron chi connectivity index (χ4n) is 2.13. The third-order valence-electron chi connectivity index (χ3n) is 4.15. The van der Waals surface area contributed by atoms with Gasteiger partial charge in [-0.3, -0.25) is 4.79 Å². The number of aldehydes is 1. The summed E-state index contributed by atoms with van der Waals surface area (Å²) in [6.07, 6.45) is 2.18. The van der Waals surface area contributed by atoms with E-state index in [-0.39, 0.29) is 11.3 Å². The molecule has 1 fully saturated rings. The molecule has 1 aromatic rings. The molecule has 22 heavy (non-hydrogen) atoms. The van der Waals surface area contributed by atoms with Gasteiger partial charge in [0.05, 0.1) is 18.3 Å². The van der Waals surface area contributed by atoms with Gasteiger partial charge in [0.25, 0.3) is 0 Å². The highest BCUT2D eigenvalue weighted by molar-refractivity contribution is 6.52. The van der Waals surface area contributed by atoms with E-state index in [1.165, 1.54) is 25.3 Å². The molecule has 2 rings (SSSR count). The van der Waals surface area contributed by atoms with E-state index in [1.807, 2.05) is 27.7 Å². The number of hydrogen-bond donors (Lipinski definition) is 0. The predicted octanol–water partition coefficient (Wildman–Crippen LogP) is 3.29. The minimum absolute atomic E-state index is 0.0261. The van der Waals surface area contributed by atoms with Crippen molar-refractivity contribution in [3.8, 4) is 5.75 Å². The van der Waals surface area contributed by atoms with Crippen LogP contribution in [0.25, 0.3) is 6.08 Å². The molecule has 4 nitrogen and oxygen atoms in total. The molecule has 1 aromatic carbocycles. The van der Waals surface area contributed by atoms with Crippen LogP contribution in [-0.2, 0) is 9.31 Å². The number of methoxy groups -OCH3 is 1. The Bertz CT molecular complexity index is 594. The molecule has 0 unspecified atom stereocenters. The Balaban J connectivity index is 2.26. The first kappa shape index (κ1) is 16.7. The van der Waals surface area contributed by atoms with Gasteiger partial charge in [-0.2, -0.15) is 0 Å². The molecule has 0 N–H and O–H groups in total. The molecular formula is C16H20BFO4. The highest BCUT2D eigenvalue weighted by Crippen LogP contribution is 2.37. The lowest BCUT2D eigenvalue weighted by Crippen LogP contribution is -2.41. The maximum absolute atomic E-state index is 14.2. The van der Waals surface area contributed by atoms with Crippen molar-refractivity contribution in [3.63, 3.8) is 0 Å². The number of benzene rings is 1. The summed E-state index contributed by atoms with van der Waals surface area (Å²) in [5.74, 6) is 1.13. The van der Waals surface area contributed by atoms with E-state index >= 15 is 0 Å². The Hall–Kier alpha value is -1.66. The van der Waals surface area contributed by atoms with Crippen LogP contribution in [0.1, 0.15) is 43.6 Å². The third-order valence-corrected chi connectivity index (χ3v) is 4.15. The molecule has 0 aliphatic carbocycles. The Morgan fingerprint density at radius 3 is 2.27 bits per heavy atom. The van der Waals surface area contributed by atoms with Crippen LogP contribution in [0, 0.1) is 5.82 Å². The summed E-state index contributed by atoms with van der Waals surface area (Å²) in [5, 5.41) is 0. The Kier molecular flexibility index (Phi) is 4.45. The van der Waals surface area contributed by atoms with Crippen LogP contribution in [0.5, 0.6) is 5.75 Å². The second-order valence-electron chi connectivity index (χ2n) is 6.23. The second kappa shape index (κ2) is 5.86. The lowest BCUT2D eigenvalue weighted by atomic mass is 9.89. The Morgan fingerprint density at radius 2 is 1.77 bits per heavy atom. The average molecular weight is 306 g/mol. The third kappa shape index (κ3) is 3.08. The number of hydrogen-bond acceptors (Lipinski definition) is 4. The lowest BCUT2D eigenvalue weighted by molar-refractivity contribution is 0.00578. The number of carbonyl (C=O) groups is 1. The molecule has 118 valence electrons. The van der Waals surface area contributed by atoms with Gasteiger partial charge in [0.15, 0.2) is 11.6 Å². The monoisotopic (exact) mass is 306 g/mol. The zero-order valence-electron chi connectivity index (χ0n) is 13.5. The van der Waals surface area contributed by atoms with E-state index in [4.69, 9.17) is 14.0 Å². The number of ether oxygens (including phenoxy) is 1. The quantitative estimate of drug-likeness (QED) is 0.632. The maximum Gasteiger partial charge on any atom is 0.487 e. The molecule has 6 heteroatoms. The molecule has 1 saturated heterocycles. The SMILES string of the molecule is COc1cc(C=O)cc(/C=C/B2OC(C)(C)C(C)(C)O2)c1F. The van der Waals surface area contributed by atoms with E-state index < -0.39 is 24.1 Å². The van der Waals surface area contributed by atoms with Crippen LogP contribution >= 0.6 is 0 Å². The van der Waals surface area contributed by atoms with Crippen molar-refractivity contribution in [1.29, 1.82) is 0 Å². The first-order chi connectivity index (χ1) is 10.2. The maximum atomic E-state index is 14.2. The summed E-state index contributed by atoms with van der Waals surface area (Å²) in [6.45, 7) is 7.77. The van der Waals surface area contributed by atoms with Gasteiger partial charge < -0.3 is 14.0 Å². The summed E-state index contributed by atoms with van der Waals surface area (Å²) in [6, 6.07) is 2.81. The van der Waals surface area contributed by atoms with E-state index in [1.54, 1.807) is 5.98 Å². The van der Waals surface area contributed by atoms with E-state index in [0.717, 1.165) is 0 Å². The fourth-order valence-corrected chi connectivity index (χ4v) is 2.13. The number of halogens is 1. The van der Waals surface area contributed by atoms with Gasteiger partial charge in [0.2, 0.25) is 0 Å². The Morgan fingerprint density at radius 1 is 1.18 bits per heavy atom. The average Bonchev–Trinajstić information content (AvgIpc) is 2.65. The molecule has 1 aliphatic heterocycles. The number of rotatable bonds is 4. The first-order valence-corrected chi connectivity index (χ1v) is 7.07. The molecular weight excluding hydrogens is 286 g/mol. The van der Waals surface area contributed by atoms with Crippen molar-refractivity contribution in [2.45, 2.75) is 38.9 Å². The largest absolute Gasteiger partial charge is 0.494 e. The summed E-state index contributed by atoms with van der Waals surface area (Å²) in [4.78, 5) is 10.9. The normalized spacial score (nSPS) is 19.6. The molecule has 0 atom stereocenters. The summed E-state index contributed by atoms with van der Waals surface area (Å²) in [7, 11) is 0.782. The van der Waals surface area contributed by atoms with Crippen molar-refractivity contribution in [2.75, 3.05) is 7.11 Å². The van der Waals surface area contributed by atoms with E-state index in [0.29, 0.717) is 11.8 Å². The molecule has 0 spiro atoms. The van der Waals surface area contributed by atoms with Gasteiger partial charge in [-0.05, 0) is 39.8 Å². The van der Waals surface area contributed by atoms with Crippen molar-refractivity contribution in [2.24, 2.45) is 0 Å². The topological polar surface area (TPSA) is 44.8 Å². The van der Waals surface area contributed by atoms with Crippen LogP contribution < -0.4 is 4.74 Å². The van der Waals surface area contributed by atoms with Gasteiger partial charge in [-0.15, -0.1) is 0 Å². The predicted molar refractivity (Wildman–Crippen MR) is 83.5 cm³/mol. The van der Waals surface area contributed by atoms with Crippen molar-refractivity contribution >= 4 is 19.5 Å². The van der Waals surface area contributed by atoms with Gasteiger partial charge >= 0.3 is 7.12 Å². The van der Waals surface area contributed by atoms with Crippen molar-refractivity contribution < 1.29 is 23.2 Å². The van der Waals surface area contributed by atoms with Crippen LogP contribution in [0.3, 0.4) is 0 Å². The first-order valence-electron chi connectivity index (χ1n) is 7.07. The molecule has 0 amide bonds. The van der Waals surface area contributed by atoms with E-state index in [2.05, 4.69) is 0 Å². The van der Waals surface area contributed by atoms with Gasteiger partial charge in [0, 0.05) is 11.1 Å². The molecule has 0 aromatic heterocycles. The molecule has 1 heterocycles. The second-order valence-corrected chi connectivity index (χ2v) is 6.23. The molecule has 1 aliphatic rings. The lowest BCUT2D eigenvalue weighted by Gasteiger charge is -2.32. The van der Waals surface area contributed by atoms with Crippen molar-refractivity contribution in [1.82, 2.24) is 0 Å². The zero-order valence-corrected chi connectivity index (χ0v) is 13.5. The van der Waals surface area contributed by atoms with Crippen LogP contribution in [0.15, 0.2) is 18.1 Å². The number of carbonyl (C=O) groups excluding carboxylic acids is 1. The minimum Gasteiger partial charge on any atom is -0.494 e. The van der Waals surface area contributed by atoms with Crippen LogP contribution in [0.4, 0.5) is 4.39 Å². The molecule has 0 saturated carbocycles. The zero-order chi connectivity index (χ0) is 16.5. The van der Waals surface area contributed by atoms with Gasteiger partial charge in [0.1, 0.15) is 6.29 Å². The standard InChI is InChI=1S/C16H20BFO4/c1-15(2)16(3,4)22-17(21-15)7-6-12-8-11(10-19)9-13(20-5)14(12)18/h6-10H,1-5H3/b7-6+. The molecule has 0 bridgehead atoms. The van der Waals surface area contributed by atoms with E-state index in [9.17, 15) is 9.18 Å². The van der Waals surface area contributed by atoms with Gasteiger partial charge in [-0.1, -0.05) is 12.1 Å². The highest BCUT2D eigenvalue weighted by Gasteiger charge is 2.50. The summed E-state index contributed by atoms with van der Waals surface area (Å²) >= 11 is 0. The minimum atomic E-state index is -0.574. The van der Waals surface area contributed by atoms with Gasteiger partial charge in [-0.25, -0.2) is 4.39 Å². The summed E-state index contributed by atoms with van der Waals surface area (Å²) in [5.41, 5.74) is -0.325. The van der Waals surface area contributed by atoms with Crippen molar-refractivity contribution in [3.05, 3.63) is 35.1 Å². The highest BCUT2D eigenvalue weighted by atomic mass is 19.1.